The summed E-state index contributed by atoms with van der Waals surface area (Å²) in [4.78, 5) is 140. The zero-order valence-corrected chi connectivity index (χ0v) is 54.6. The number of ether oxygens (including phenoxy) is 10. The van der Waals surface area contributed by atoms with Crippen molar-refractivity contribution < 1.29 is 100 Å². The van der Waals surface area contributed by atoms with E-state index in [4.69, 9.17) is 47.4 Å². The number of nitrogens with one attached hydrogen (secondary N) is 2. The monoisotopic (exact) mass is 1270 g/mol. The van der Waals surface area contributed by atoms with Crippen molar-refractivity contribution in [2.75, 3.05) is 48.6 Å². The second kappa shape index (κ2) is 35.1. The molecule has 4 rings (SSSR count). The number of benzene rings is 2. The Balaban J connectivity index is 1.53. The largest absolute Gasteiger partial charge is 0.467 e. The predicted octanol–water partition coefficient (Wildman–Crippen LogP) is 4.99. The third kappa shape index (κ3) is 19.7. The number of aliphatic hydroxyl groups is 1. The minimum atomic E-state index is -1.84. The van der Waals surface area contributed by atoms with Gasteiger partial charge >= 0.3 is 35.9 Å². The molecule has 5 amide bonds. The molecule has 2 aromatic carbocycles. The lowest BCUT2D eigenvalue weighted by Crippen LogP contribution is -2.64. The number of carbonyl (C=O) groups is 10. The van der Waals surface area contributed by atoms with Crippen LogP contribution in [0.4, 0.5) is 4.79 Å². The molecule has 2 heterocycles. The molecule has 26 heteroatoms. The van der Waals surface area contributed by atoms with Gasteiger partial charge in [-0.3, -0.25) is 38.5 Å². The number of methoxy groups -OCH3 is 3. The fraction of sp³-hybridized carbons (Fsp3) is 0.625. The van der Waals surface area contributed by atoms with Crippen molar-refractivity contribution in [2.45, 2.75) is 188 Å². The van der Waals surface area contributed by atoms with Crippen molar-refractivity contribution in [3.63, 3.8) is 0 Å². The number of esters is 5. The average Bonchev–Trinajstić information content (AvgIpc) is 0.847. The molecule has 0 spiro atoms. The fourth-order valence-electron chi connectivity index (χ4n) is 11.4. The average molecular weight is 1270 g/mol. The van der Waals surface area contributed by atoms with Crippen LogP contribution in [-0.4, -0.2) is 201 Å². The Kier molecular flexibility index (Phi) is 29.1. The number of rotatable bonds is 31. The molecule has 2 unspecified atom stereocenters. The molecule has 500 valence electrons. The van der Waals surface area contributed by atoms with E-state index in [9.17, 15) is 53.1 Å². The first-order chi connectivity index (χ1) is 42.5. The lowest BCUT2D eigenvalue weighted by molar-refractivity contribution is -0.282. The molecule has 0 saturated carbocycles. The molecule has 0 aliphatic carbocycles. The van der Waals surface area contributed by atoms with E-state index in [0.717, 1.165) is 32.8 Å². The summed E-state index contributed by atoms with van der Waals surface area (Å²) in [7, 11) is 6.95. The Labute approximate surface area is 527 Å². The highest BCUT2D eigenvalue weighted by Gasteiger charge is 2.56. The normalized spacial score (nSPS) is 21.1. The van der Waals surface area contributed by atoms with Crippen LogP contribution in [0.3, 0.4) is 0 Å². The Morgan fingerprint density at radius 3 is 1.96 bits per heavy atom. The molecule has 0 aromatic heterocycles. The Bertz CT molecular complexity index is 2800. The molecule has 2 aliphatic heterocycles. The molecular formula is C64H93N5O21. The van der Waals surface area contributed by atoms with Crippen LogP contribution in [-0.2, 0) is 87.6 Å². The van der Waals surface area contributed by atoms with Crippen LogP contribution in [0.1, 0.15) is 129 Å². The lowest BCUT2D eigenvalue weighted by atomic mass is 9.89. The van der Waals surface area contributed by atoms with Crippen LogP contribution >= 0.6 is 0 Å². The summed E-state index contributed by atoms with van der Waals surface area (Å²) in [5.74, 6) is -8.82. The zero-order valence-electron chi connectivity index (χ0n) is 54.6. The highest BCUT2D eigenvalue weighted by molar-refractivity contribution is 5.93. The van der Waals surface area contributed by atoms with Crippen molar-refractivity contribution in [2.24, 2.45) is 23.7 Å². The molecule has 2 saturated heterocycles. The molecular weight excluding hydrogens is 1170 g/mol. The highest BCUT2D eigenvalue weighted by atomic mass is 16.7. The van der Waals surface area contributed by atoms with Gasteiger partial charge in [-0.25, -0.2) is 14.4 Å². The van der Waals surface area contributed by atoms with Crippen molar-refractivity contribution in [3.8, 4) is 5.75 Å². The minimum Gasteiger partial charge on any atom is -0.467 e. The maximum absolute atomic E-state index is 14.9. The Morgan fingerprint density at radius 1 is 0.778 bits per heavy atom. The maximum Gasteiger partial charge on any atom is 0.410 e. The third-order valence-electron chi connectivity index (χ3n) is 16.1. The van der Waals surface area contributed by atoms with Gasteiger partial charge in [-0.05, 0) is 60.8 Å². The molecule has 3 N–H and O–H groups in total. The number of hydrogen-bond acceptors (Lipinski definition) is 21. The molecule has 90 heavy (non-hydrogen) atoms. The highest BCUT2D eigenvalue weighted by Crippen LogP contribution is 2.35. The topological polar surface area (TPSA) is 317 Å². The number of carbonyl (C=O) groups excluding carboxylic acids is 10. The third-order valence-corrected chi connectivity index (χ3v) is 16.1. The molecule has 0 bridgehead atoms. The van der Waals surface area contributed by atoms with Gasteiger partial charge in [0.05, 0.1) is 55.9 Å². The minimum absolute atomic E-state index is 0.122. The maximum atomic E-state index is 14.9. The Morgan fingerprint density at radius 2 is 1.40 bits per heavy atom. The SMILES string of the molecule is C=CCOC(=O)c1cc(COC(=O)N(C)C(C(=O)N[C@H](C(=O)N(C)[C@@H](C(C)CC)[C@@H](CC(=O)N2CCC[C@H]2[C@H](OC)[C@@H](C)C(=O)N[C@H](C)[C@@H](O)c2ccccc2)OC)C(C)C)C(C)C)ccc1O[C@@H]1O[C@H](C(=O)OC)[C@@H](OC(C)=O)[C@H](OC(C)=O)[C@H]1OC(C)=O. The van der Waals surface area contributed by atoms with E-state index >= 15 is 0 Å². The second-order valence-corrected chi connectivity index (χ2v) is 23.3. The summed E-state index contributed by atoms with van der Waals surface area (Å²) >= 11 is 0. The van der Waals surface area contributed by atoms with E-state index in [0.29, 0.717) is 31.4 Å². The van der Waals surface area contributed by atoms with E-state index in [2.05, 4.69) is 17.2 Å². The number of amides is 5. The van der Waals surface area contributed by atoms with Crippen LogP contribution in [0, 0.1) is 23.7 Å². The molecule has 2 aromatic rings. The van der Waals surface area contributed by atoms with Crippen molar-refractivity contribution in [3.05, 3.63) is 77.9 Å². The number of nitrogens with zero attached hydrogens (tertiary/aromatic N) is 3. The van der Waals surface area contributed by atoms with Gasteiger partial charge in [0.15, 0.2) is 18.3 Å². The van der Waals surface area contributed by atoms with Gasteiger partial charge in [0.2, 0.25) is 36.0 Å². The summed E-state index contributed by atoms with van der Waals surface area (Å²) in [6, 6.07) is 8.85. The summed E-state index contributed by atoms with van der Waals surface area (Å²) in [6.45, 7) is 20.6. The van der Waals surface area contributed by atoms with E-state index in [1.165, 1.54) is 50.4 Å². The second-order valence-electron chi connectivity index (χ2n) is 23.3. The lowest BCUT2D eigenvalue weighted by Gasteiger charge is -2.43. The molecule has 0 radical (unpaired) electrons. The van der Waals surface area contributed by atoms with Gasteiger partial charge in [0.1, 0.15) is 36.6 Å². The summed E-state index contributed by atoms with van der Waals surface area (Å²) in [5.41, 5.74) is 0.555. The van der Waals surface area contributed by atoms with Crippen molar-refractivity contribution in [1.82, 2.24) is 25.3 Å². The van der Waals surface area contributed by atoms with Gasteiger partial charge < -0.3 is 72.9 Å². The predicted molar refractivity (Wildman–Crippen MR) is 323 cm³/mol. The Hall–Kier alpha value is -7.68. The van der Waals surface area contributed by atoms with Gasteiger partial charge in [0.25, 0.3) is 0 Å². The summed E-state index contributed by atoms with van der Waals surface area (Å²) in [5, 5.41) is 16.8. The molecule has 26 nitrogen and oxygen atoms in total. The van der Waals surface area contributed by atoms with Gasteiger partial charge in [0, 0.05) is 55.6 Å². The van der Waals surface area contributed by atoms with Gasteiger partial charge in [-0.15, -0.1) is 0 Å². The fourth-order valence-corrected chi connectivity index (χ4v) is 11.4. The molecule has 2 aliphatic rings. The van der Waals surface area contributed by atoms with E-state index < -0.39 is 151 Å². The van der Waals surface area contributed by atoms with Gasteiger partial charge in [-0.2, -0.15) is 0 Å². The smallest absolute Gasteiger partial charge is 0.410 e. The van der Waals surface area contributed by atoms with E-state index in [1.54, 1.807) is 77.8 Å². The van der Waals surface area contributed by atoms with Crippen LogP contribution < -0.4 is 15.4 Å². The van der Waals surface area contributed by atoms with Crippen LogP contribution in [0.25, 0.3) is 0 Å². The number of aliphatic hydroxyl groups excluding tert-OH is 1. The van der Waals surface area contributed by atoms with E-state index in [1.807, 2.05) is 19.9 Å². The summed E-state index contributed by atoms with van der Waals surface area (Å²) < 4.78 is 56.2. The molecule has 2 fully saturated rings. The zero-order chi connectivity index (χ0) is 67.4. The first-order valence-electron chi connectivity index (χ1n) is 30.2. The van der Waals surface area contributed by atoms with Crippen LogP contribution in [0.5, 0.6) is 5.75 Å². The summed E-state index contributed by atoms with van der Waals surface area (Å²) in [6.07, 6.45) is -9.21. The van der Waals surface area contributed by atoms with E-state index in [-0.39, 0.29) is 47.6 Å². The van der Waals surface area contributed by atoms with Crippen molar-refractivity contribution in [1.29, 1.82) is 0 Å². The standard InChI is InChI=1S/C64H93N5O21/c1-18-30-84-61(78)44-31-42(27-28-46(44)89-63-57(88-41(12)72)55(87-40(11)71)54(86-39(10)70)56(90-63)62(79)83-17)33-85-64(80)68(14)50(35(5)6)59(76)66-49(34(3)4)60(77)67(13)51(36(7)19-2)47(81-15)32-48(73)69-29-23-26-45(69)53(82-16)37(8)58(75)65-38(9)52(74)43-24-21-20-22-25-43/h18,20-22,24-25,27-28,31,34-38,45,47,49-57,63,74H,1,19,23,26,29-30,32-33H2,2-17H3,(H,65,75)(H,66,76)/t36?,37-,38-,45+,47-,49+,50?,51+,52-,53-,54+,55+,56+,57-,63-/m1/s1. The number of likely N-dealkylation sites (tertiary alicyclic amines) is 1. The molecule has 15 atom stereocenters. The number of likely N-dealkylation sites (N-methyl/N-ethyl adjacent to an activating group) is 2. The number of hydrogen-bond donors (Lipinski definition) is 3. The first kappa shape index (κ1) is 74.8. The van der Waals surface area contributed by atoms with Gasteiger partial charge in [-0.1, -0.05) is 104 Å². The van der Waals surface area contributed by atoms with Crippen molar-refractivity contribution >= 4 is 59.6 Å². The first-order valence-corrected chi connectivity index (χ1v) is 30.2. The quantitative estimate of drug-likeness (QED) is 0.0508. The van der Waals surface area contributed by atoms with Crippen LogP contribution in [0.15, 0.2) is 61.2 Å². The van der Waals surface area contributed by atoms with Crippen LogP contribution in [0.2, 0.25) is 0 Å².